The van der Waals surface area contributed by atoms with Gasteiger partial charge in [0, 0.05) is 25.7 Å². The van der Waals surface area contributed by atoms with E-state index in [0.717, 1.165) is 11.8 Å². The van der Waals surface area contributed by atoms with Crippen molar-refractivity contribution >= 4 is 0 Å². The van der Waals surface area contributed by atoms with E-state index < -0.39 is 0 Å². The zero-order valence-corrected chi connectivity index (χ0v) is 18.1. The third-order valence-corrected chi connectivity index (χ3v) is 6.86. The first-order valence-corrected chi connectivity index (χ1v) is 11.8. The Morgan fingerprint density at radius 3 is 2.12 bits per heavy atom. The van der Waals surface area contributed by atoms with E-state index in [4.69, 9.17) is 4.74 Å². The van der Waals surface area contributed by atoms with Crippen LogP contribution < -0.4 is 5.32 Å². The van der Waals surface area contributed by atoms with Gasteiger partial charge < -0.3 is 15.0 Å². The number of piperidine rings is 1. The van der Waals surface area contributed by atoms with E-state index in [1.54, 1.807) is 0 Å². The second-order valence-electron chi connectivity index (χ2n) is 9.06. The van der Waals surface area contributed by atoms with Crippen LogP contribution in [0, 0.1) is 11.8 Å². The van der Waals surface area contributed by atoms with E-state index >= 15 is 0 Å². The van der Waals surface area contributed by atoms with E-state index in [2.05, 4.69) is 37.9 Å². The fourth-order valence-electron chi connectivity index (χ4n) is 4.79. The molecule has 0 aromatic heterocycles. The summed E-state index contributed by atoms with van der Waals surface area (Å²) in [6.07, 6.45) is 14.0. The molecule has 3 heteroatoms. The van der Waals surface area contributed by atoms with E-state index in [-0.39, 0.29) is 0 Å². The number of nitrogens with one attached hydrogen (secondary N) is 1. The van der Waals surface area contributed by atoms with Crippen LogP contribution in [0.15, 0.2) is 0 Å². The molecule has 2 fully saturated rings. The van der Waals surface area contributed by atoms with E-state index in [1.807, 2.05) is 0 Å². The highest BCUT2D eigenvalue weighted by molar-refractivity contribution is 4.79. The van der Waals surface area contributed by atoms with Crippen molar-refractivity contribution in [1.29, 1.82) is 0 Å². The second kappa shape index (κ2) is 12.4. The van der Waals surface area contributed by atoms with Crippen LogP contribution in [0.2, 0.25) is 0 Å². The maximum Gasteiger partial charge on any atom is 0.0603 e. The number of hydrogen-bond donors (Lipinski definition) is 1. The summed E-state index contributed by atoms with van der Waals surface area (Å²) in [6, 6.07) is 0.680. The van der Waals surface area contributed by atoms with Crippen LogP contribution in [-0.2, 0) is 4.74 Å². The first kappa shape index (κ1) is 22.2. The lowest BCUT2D eigenvalue weighted by molar-refractivity contribution is -0.0619. The largest absolute Gasteiger partial charge is 0.375 e. The molecular weight excluding hydrogens is 320 g/mol. The summed E-state index contributed by atoms with van der Waals surface area (Å²) in [5, 5.41) is 3.73. The fourth-order valence-corrected chi connectivity index (χ4v) is 4.79. The van der Waals surface area contributed by atoms with Gasteiger partial charge in [0.05, 0.1) is 12.2 Å². The van der Waals surface area contributed by atoms with Crippen LogP contribution in [0.4, 0.5) is 0 Å². The first-order chi connectivity index (χ1) is 12.6. The summed E-state index contributed by atoms with van der Waals surface area (Å²) in [4.78, 5) is 2.68. The molecule has 1 heterocycles. The minimum absolute atomic E-state index is 0.525. The number of likely N-dealkylation sites (tertiary alicyclic amines) is 1. The fraction of sp³-hybridized carbons (Fsp3) is 1.00. The predicted octanol–water partition coefficient (Wildman–Crippen LogP) is 5.24. The first-order valence-electron chi connectivity index (χ1n) is 11.8. The Morgan fingerprint density at radius 1 is 0.923 bits per heavy atom. The minimum atomic E-state index is 0.525. The lowest BCUT2D eigenvalue weighted by atomic mass is 9.87. The highest BCUT2D eigenvalue weighted by Gasteiger charge is 2.27. The Hall–Kier alpha value is -0.120. The molecule has 3 nitrogen and oxygen atoms in total. The Balaban J connectivity index is 1.57. The molecule has 1 saturated carbocycles. The second-order valence-corrected chi connectivity index (χ2v) is 9.06. The van der Waals surface area contributed by atoms with Gasteiger partial charge in [0.2, 0.25) is 0 Å². The highest BCUT2D eigenvalue weighted by Crippen LogP contribution is 2.28. The number of nitrogens with zero attached hydrogens (tertiary/aromatic N) is 1. The Bertz CT molecular complexity index is 342. The van der Waals surface area contributed by atoms with Gasteiger partial charge in [-0.15, -0.1) is 0 Å². The molecule has 0 radical (unpaired) electrons. The van der Waals surface area contributed by atoms with Crippen molar-refractivity contribution in [3.05, 3.63) is 0 Å². The standard InChI is InChI=1S/C23H46N2O/c1-5-8-19(4)24-17-21-9-11-22(12-10-21)26-23-13-15-25(16-14-23)18-20(6-2)7-3/h19-24H,5-18H2,1-4H3/t19?,21-,22-. The summed E-state index contributed by atoms with van der Waals surface area (Å²) in [5.41, 5.74) is 0. The van der Waals surface area contributed by atoms with Crippen molar-refractivity contribution in [2.75, 3.05) is 26.2 Å². The van der Waals surface area contributed by atoms with E-state index in [0.29, 0.717) is 18.2 Å². The van der Waals surface area contributed by atoms with Crippen LogP contribution in [0.5, 0.6) is 0 Å². The molecule has 1 aliphatic heterocycles. The quantitative estimate of drug-likeness (QED) is 0.541. The van der Waals surface area contributed by atoms with Crippen LogP contribution in [0.1, 0.15) is 91.9 Å². The van der Waals surface area contributed by atoms with Gasteiger partial charge in [-0.05, 0) is 70.3 Å². The molecule has 0 bridgehead atoms. The number of hydrogen-bond acceptors (Lipinski definition) is 3. The van der Waals surface area contributed by atoms with Crippen molar-refractivity contribution in [3.8, 4) is 0 Å². The third-order valence-electron chi connectivity index (χ3n) is 6.86. The van der Waals surface area contributed by atoms with E-state index in [1.165, 1.54) is 90.4 Å². The lowest BCUT2D eigenvalue weighted by Gasteiger charge is -2.37. The van der Waals surface area contributed by atoms with Gasteiger partial charge in [-0.25, -0.2) is 0 Å². The predicted molar refractivity (Wildman–Crippen MR) is 113 cm³/mol. The molecule has 1 atom stereocenters. The Morgan fingerprint density at radius 2 is 1.54 bits per heavy atom. The molecule has 0 amide bonds. The van der Waals surface area contributed by atoms with Crippen molar-refractivity contribution < 1.29 is 4.74 Å². The van der Waals surface area contributed by atoms with Gasteiger partial charge in [0.25, 0.3) is 0 Å². The molecule has 1 saturated heterocycles. The van der Waals surface area contributed by atoms with Gasteiger partial charge in [-0.1, -0.05) is 40.0 Å². The molecule has 1 aliphatic carbocycles. The smallest absolute Gasteiger partial charge is 0.0603 e. The van der Waals surface area contributed by atoms with Crippen LogP contribution in [0.25, 0.3) is 0 Å². The topological polar surface area (TPSA) is 24.5 Å². The van der Waals surface area contributed by atoms with Crippen molar-refractivity contribution in [3.63, 3.8) is 0 Å². The summed E-state index contributed by atoms with van der Waals surface area (Å²) in [5.74, 6) is 1.76. The molecule has 2 aliphatic rings. The molecule has 0 aromatic rings. The molecular formula is C23H46N2O. The summed E-state index contributed by atoms with van der Waals surface area (Å²) in [7, 11) is 0. The lowest BCUT2D eigenvalue weighted by Crippen LogP contribution is -2.41. The monoisotopic (exact) mass is 366 g/mol. The summed E-state index contributed by atoms with van der Waals surface area (Å²) < 4.78 is 6.50. The normalized spacial score (nSPS) is 27.1. The average Bonchev–Trinajstić information content (AvgIpc) is 2.67. The zero-order chi connectivity index (χ0) is 18.8. The molecule has 154 valence electrons. The van der Waals surface area contributed by atoms with Crippen molar-refractivity contribution in [1.82, 2.24) is 10.2 Å². The maximum atomic E-state index is 6.50. The van der Waals surface area contributed by atoms with Crippen LogP contribution in [-0.4, -0.2) is 49.3 Å². The summed E-state index contributed by atoms with van der Waals surface area (Å²) >= 11 is 0. The third kappa shape index (κ3) is 7.86. The Labute approximate surface area is 163 Å². The van der Waals surface area contributed by atoms with Gasteiger partial charge in [-0.2, -0.15) is 0 Å². The number of rotatable bonds is 11. The van der Waals surface area contributed by atoms with Gasteiger partial charge in [-0.3, -0.25) is 0 Å². The SMILES string of the molecule is CCCC(C)NC[C@H]1CC[C@H](OC2CCN(CC(CC)CC)CC2)CC1. The average molecular weight is 367 g/mol. The zero-order valence-electron chi connectivity index (χ0n) is 18.1. The van der Waals surface area contributed by atoms with E-state index in [9.17, 15) is 0 Å². The molecule has 1 N–H and O–H groups in total. The van der Waals surface area contributed by atoms with Crippen molar-refractivity contribution in [2.24, 2.45) is 11.8 Å². The molecule has 26 heavy (non-hydrogen) atoms. The molecule has 1 unspecified atom stereocenters. The minimum Gasteiger partial charge on any atom is -0.375 e. The van der Waals surface area contributed by atoms with Gasteiger partial charge in [0.15, 0.2) is 0 Å². The molecule has 0 spiro atoms. The van der Waals surface area contributed by atoms with Crippen LogP contribution >= 0.6 is 0 Å². The molecule has 0 aromatic carbocycles. The summed E-state index contributed by atoms with van der Waals surface area (Å²) in [6.45, 7) is 14.3. The number of ether oxygens (including phenoxy) is 1. The van der Waals surface area contributed by atoms with Gasteiger partial charge >= 0.3 is 0 Å². The maximum absolute atomic E-state index is 6.50. The Kier molecular flexibility index (Phi) is 10.5. The van der Waals surface area contributed by atoms with Crippen LogP contribution in [0.3, 0.4) is 0 Å². The van der Waals surface area contributed by atoms with Crippen molar-refractivity contribution in [2.45, 2.75) is 110 Å². The molecule has 2 rings (SSSR count). The highest BCUT2D eigenvalue weighted by atomic mass is 16.5. The van der Waals surface area contributed by atoms with Gasteiger partial charge in [0.1, 0.15) is 0 Å².